The Kier molecular flexibility index (Phi) is 4.88. The Labute approximate surface area is 261 Å². The molecular weight excluding hydrogens is 549 g/mol. The second-order valence-corrected chi connectivity index (χ2v) is 12.2. The standard InChI is InChI=1S/C43H26FN/c44-29-19-23-32(24-20-29)45(30-8-2-1-3-9-30)31-21-16-27(17-22-31)28-18-25-34-36-12-7-14-38-37-13-6-11-35-33-10-4-5-15-39(33)43(41(35)37,42(36)38)40(34)26-28/h1-26H. The van der Waals surface area contributed by atoms with Gasteiger partial charge in [0.25, 0.3) is 0 Å². The summed E-state index contributed by atoms with van der Waals surface area (Å²) in [6.07, 6.45) is 0. The number of hydrogen-bond donors (Lipinski definition) is 0. The molecule has 0 radical (unpaired) electrons. The minimum Gasteiger partial charge on any atom is -0.311 e. The quantitative estimate of drug-likeness (QED) is 0.202. The highest BCUT2D eigenvalue weighted by Gasteiger charge is 2.57. The number of halogens is 1. The predicted octanol–water partition coefficient (Wildman–Crippen LogP) is 11.3. The molecule has 3 aliphatic rings. The molecule has 0 amide bonds. The molecular formula is C43H26FN. The van der Waals surface area contributed by atoms with Crippen molar-refractivity contribution >= 4 is 17.1 Å². The topological polar surface area (TPSA) is 3.24 Å². The lowest BCUT2D eigenvalue weighted by Gasteiger charge is -2.28. The van der Waals surface area contributed by atoms with Gasteiger partial charge < -0.3 is 4.90 Å². The molecule has 0 aromatic heterocycles. The van der Waals surface area contributed by atoms with Crippen LogP contribution in [0.15, 0.2) is 158 Å². The van der Waals surface area contributed by atoms with E-state index in [2.05, 4.69) is 120 Å². The second kappa shape index (κ2) is 8.90. The third-order valence-corrected chi connectivity index (χ3v) is 10.1. The van der Waals surface area contributed by atoms with E-state index >= 15 is 0 Å². The van der Waals surface area contributed by atoms with E-state index in [0.717, 1.165) is 17.1 Å². The van der Waals surface area contributed by atoms with Gasteiger partial charge in [0.05, 0.1) is 5.41 Å². The zero-order valence-electron chi connectivity index (χ0n) is 24.3. The molecule has 1 nitrogen and oxygen atoms in total. The smallest absolute Gasteiger partial charge is 0.123 e. The van der Waals surface area contributed by atoms with Gasteiger partial charge in [0.1, 0.15) is 5.82 Å². The summed E-state index contributed by atoms with van der Waals surface area (Å²) >= 11 is 0. The molecule has 7 aromatic rings. The van der Waals surface area contributed by atoms with Gasteiger partial charge in [-0.3, -0.25) is 0 Å². The van der Waals surface area contributed by atoms with Crippen LogP contribution in [0.4, 0.5) is 21.5 Å². The van der Waals surface area contributed by atoms with Gasteiger partial charge >= 0.3 is 0 Å². The largest absolute Gasteiger partial charge is 0.311 e. The Balaban J connectivity index is 1.14. The van der Waals surface area contributed by atoms with Crippen LogP contribution in [-0.4, -0.2) is 0 Å². The van der Waals surface area contributed by atoms with Gasteiger partial charge in [-0.05, 0) is 121 Å². The van der Waals surface area contributed by atoms with Crippen LogP contribution in [0.5, 0.6) is 0 Å². The summed E-state index contributed by atoms with van der Waals surface area (Å²) in [7, 11) is 0. The first-order valence-corrected chi connectivity index (χ1v) is 15.5. The van der Waals surface area contributed by atoms with Gasteiger partial charge in [-0.2, -0.15) is 0 Å². The molecule has 0 saturated carbocycles. The summed E-state index contributed by atoms with van der Waals surface area (Å²) in [4.78, 5) is 2.16. The molecule has 7 aromatic carbocycles. The number of rotatable bonds is 4. The molecule has 45 heavy (non-hydrogen) atoms. The normalized spacial score (nSPS) is 15.8. The lowest BCUT2D eigenvalue weighted by molar-refractivity contribution is 0.628. The molecule has 0 heterocycles. The zero-order chi connectivity index (χ0) is 29.7. The van der Waals surface area contributed by atoms with Crippen molar-refractivity contribution < 1.29 is 4.39 Å². The van der Waals surface area contributed by atoms with E-state index in [9.17, 15) is 4.39 Å². The molecule has 1 unspecified atom stereocenters. The Morgan fingerprint density at radius 3 is 1.53 bits per heavy atom. The van der Waals surface area contributed by atoms with Crippen LogP contribution in [0.3, 0.4) is 0 Å². The van der Waals surface area contributed by atoms with Crippen LogP contribution in [0.1, 0.15) is 22.3 Å². The summed E-state index contributed by atoms with van der Waals surface area (Å²) < 4.78 is 13.8. The van der Waals surface area contributed by atoms with Gasteiger partial charge in [-0.15, -0.1) is 0 Å². The fourth-order valence-corrected chi connectivity index (χ4v) is 8.35. The molecule has 0 fully saturated rings. The van der Waals surface area contributed by atoms with E-state index < -0.39 is 0 Å². The first-order chi connectivity index (χ1) is 22.2. The average Bonchev–Trinajstić information content (AvgIpc) is 3.69. The molecule has 3 aliphatic carbocycles. The Morgan fingerprint density at radius 1 is 0.378 bits per heavy atom. The van der Waals surface area contributed by atoms with Crippen molar-refractivity contribution in [1.82, 2.24) is 0 Å². The van der Waals surface area contributed by atoms with E-state index in [1.165, 1.54) is 78.9 Å². The van der Waals surface area contributed by atoms with Gasteiger partial charge in [0.2, 0.25) is 0 Å². The number of fused-ring (bicyclic) bond motifs is 5. The third kappa shape index (κ3) is 3.16. The van der Waals surface area contributed by atoms with Crippen molar-refractivity contribution in [2.45, 2.75) is 5.41 Å². The van der Waals surface area contributed by atoms with Crippen molar-refractivity contribution in [1.29, 1.82) is 0 Å². The van der Waals surface area contributed by atoms with Crippen LogP contribution < -0.4 is 4.90 Å². The molecule has 0 saturated heterocycles. The maximum Gasteiger partial charge on any atom is 0.123 e. The number of para-hydroxylation sites is 1. The SMILES string of the molecule is Fc1ccc(N(c2ccccc2)c2ccc(-c3ccc4c(c3)C35c6ccccc6-c6cccc(c63)-c3cccc-4c35)cc2)cc1. The molecule has 1 atom stereocenters. The van der Waals surface area contributed by atoms with Crippen LogP contribution in [0, 0.1) is 5.82 Å². The van der Waals surface area contributed by atoms with Gasteiger partial charge in [0.15, 0.2) is 0 Å². The van der Waals surface area contributed by atoms with Crippen molar-refractivity contribution in [2.24, 2.45) is 0 Å². The summed E-state index contributed by atoms with van der Waals surface area (Å²) in [5.41, 5.74) is 18.8. The Morgan fingerprint density at radius 2 is 0.867 bits per heavy atom. The molecule has 2 heteroatoms. The summed E-state index contributed by atoms with van der Waals surface area (Å²) in [6.45, 7) is 0. The third-order valence-electron chi connectivity index (χ3n) is 10.1. The van der Waals surface area contributed by atoms with Gasteiger partial charge in [-0.25, -0.2) is 4.39 Å². The van der Waals surface area contributed by atoms with Crippen LogP contribution >= 0.6 is 0 Å². The van der Waals surface area contributed by atoms with Crippen molar-refractivity contribution in [3.05, 3.63) is 186 Å². The fourth-order valence-electron chi connectivity index (χ4n) is 8.35. The monoisotopic (exact) mass is 575 g/mol. The molecule has 0 bridgehead atoms. The van der Waals surface area contributed by atoms with Gasteiger partial charge in [-0.1, -0.05) is 103 Å². The number of nitrogens with zero attached hydrogens (tertiary/aromatic N) is 1. The predicted molar refractivity (Wildman–Crippen MR) is 182 cm³/mol. The summed E-state index contributed by atoms with van der Waals surface area (Å²) in [5, 5.41) is 0. The van der Waals surface area contributed by atoms with Crippen LogP contribution in [0.25, 0.3) is 44.5 Å². The highest BCUT2D eigenvalue weighted by molar-refractivity contribution is 6.06. The minimum atomic E-state index is -0.285. The van der Waals surface area contributed by atoms with E-state index in [1.54, 1.807) is 0 Å². The first kappa shape index (κ1) is 24.7. The first-order valence-electron chi connectivity index (χ1n) is 15.5. The maximum atomic E-state index is 13.8. The van der Waals surface area contributed by atoms with E-state index in [4.69, 9.17) is 0 Å². The highest BCUT2D eigenvalue weighted by Crippen LogP contribution is 2.69. The van der Waals surface area contributed by atoms with Crippen molar-refractivity contribution in [3.8, 4) is 44.5 Å². The van der Waals surface area contributed by atoms with E-state index in [1.807, 2.05) is 30.3 Å². The molecule has 0 aliphatic heterocycles. The Bertz CT molecular complexity index is 2280. The number of hydrogen-bond acceptors (Lipinski definition) is 1. The van der Waals surface area contributed by atoms with Crippen molar-refractivity contribution in [2.75, 3.05) is 4.90 Å². The molecule has 0 N–H and O–H groups in total. The fraction of sp³-hybridized carbons (Fsp3) is 0.0233. The lowest BCUT2D eigenvalue weighted by Crippen LogP contribution is -2.23. The molecule has 210 valence electrons. The van der Waals surface area contributed by atoms with E-state index in [-0.39, 0.29) is 11.2 Å². The minimum absolute atomic E-state index is 0.241. The average molecular weight is 576 g/mol. The van der Waals surface area contributed by atoms with Crippen molar-refractivity contribution in [3.63, 3.8) is 0 Å². The summed E-state index contributed by atoms with van der Waals surface area (Å²) in [6, 6.07) is 55.4. The van der Waals surface area contributed by atoms with Crippen LogP contribution in [-0.2, 0) is 5.41 Å². The molecule has 10 rings (SSSR count). The summed E-state index contributed by atoms with van der Waals surface area (Å²) in [5.74, 6) is -0.241. The highest BCUT2D eigenvalue weighted by atomic mass is 19.1. The maximum absolute atomic E-state index is 13.8. The Hall–Kier alpha value is -5.73. The second-order valence-electron chi connectivity index (χ2n) is 12.2. The van der Waals surface area contributed by atoms with Gasteiger partial charge in [0, 0.05) is 17.1 Å². The van der Waals surface area contributed by atoms with Crippen LogP contribution in [0.2, 0.25) is 0 Å². The lowest BCUT2D eigenvalue weighted by atomic mass is 9.73. The number of benzene rings is 7. The zero-order valence-corrected chi connectivity index (χ0v) is 24.3. The number of anilines is 3. The molecule has 1 spiro atoms. The van der Waals surface area contributed by atoms with E-state index in [0.29, 0.717) is 0 Å².